The molecule has 0 radical (unpaired) electrons. The summed E-state index contributed by atoms with van der Waals surface area (Å²) in [7, 11) is 0. The molecule has 0 saturated carbocycles. The summed E-state index contributed by atoms with van der Waals surface area (Å²) in [5, 5.41) is 8.46. The first-order chi connectivity index (χ1) is 7.72. The second kappa shape index (κ2) is 6.95. The maximum absolute atomic E-state index is 10.3. The van der Waals surface area contributed by atoms with Gasteiger partial charge in [-0.15, -0.1) is 0 Å². The van der Waals surface area contributed by atoms with Gasteiger partial charge in [0.2, 0.25) is 0 Å². The van der Waals surface area contributed by atoms with Crippen molar-refractivity contribution in [2.45, 2.75) is 0 Å². The van der Waals surface area contributed by atoms with E-state index >= 15 is 0 Å². The zero-order valence-corrected chi connectivity index (χ0v) is 9.87. The molecule has 1 N–H and O–H groups in total. The van der Waals surface area contributed by atoms with Crippen LogP contribution in [0.15, 0.2) is 30.3 Å². The number of rotatable bonds is 6. The fourth-order valence-electron chi connectivity index (χ4n) is 1.09. The molecule has 1 rings (SSSR count). The average molecular weight is 238 g/mol. The molecule has 1 aromatic rings. The Morgan fingerprint density at radius 2 is 2.12 bits per heavy atom. The fourth-order valence-corrected chi connectivity index (χ4v) is 1.34. The molecule has 0 aliphatic rings. The van der Waals surface area contributed by atoms with Crippen molar-refractivity contribution in [1.82, 2.24) is 0 Å². The minimum atomic E-state index is -0.944. The summed E-state index contributed by atoms with van der Waals surface area (Å²) < 4.78 is 5.47. The van der Waals surface area contributed by atoms with E-state index < -0.39 is 5.97 Å². The zero-order valence-electron chi connectivity index (χ0n) is 9.05. The number of benzene rings is 1. The summed E-state index contributed by atoms with van der Waals surface area (Å²) in [5.41, 5.74) is 0.847. The van der Waals surface area contributed by atoms with E-state index in [0.717, 1.165) is 23.1 Å². The molecular weight excluding hydrogens is 224 g/mol. The quantitative estimate of drug-likeness (QED) is 0.611. The van der Waals surface area contributed by atoms with Crippen LogP contribution in [0.4, 0.5) is 0 Å². The molecule has 86 valence electrons. The highest BCUT2D eigenvalue weighted by Crippen LogP contribution is 2.13. The van der Waals surface area contributed by atoms with Gasteiger partial charge < -0.3 is 9.84 Å². The molecule has 0 aliphatic carbocycles. The first kappa shape index (κ1) is 12.6. The predicted molar refractivity (Wildman–Crippen MR) is 67.0 cm³/mol. The number of ether oxygens (including phenoxy) is 1. The van der Waals surface area contributed by atoms with Crippen molar-refractivity contribution < 1.29 is 14.6 Å². The highest BCUT2D eigenvalue weighted by Gasteiger charge is 1.94. The Hall–Kier alpha value is -1.42. The Balaban J connectivity index is 2.51. The van der Waals surface area contributed by atoms with E-state index in [4.69, 9.17) is 9.84 Å². The van der Waals surface area contributed by atoms with E-state index in [-0.39, 0.29) is 0 Å². The smallest absolute Gasteiger partial charge is 0.328 e. The van der Waals surface area contributed by atoms with Crippen molar-refractivity contribution in [3.05, 3.63) is 35.9 Å². The first-order valence-electron chi connectivity index (χ1n) is 4.85. The molecule has 4 heteroatoms. The lowest BCUT2D eigenvalue weighted by Crippen LogP contribution is -1.99. The molecule has 0 spiro atoms. The van der Waals surface area contributed by atoms with Gasteiger partial charge >= 0.3 is 5.97 Å². The van der Waals surface area contributed by atoms with Crippen LogP contribution in [0.5, 0.6) is 5.75 Å². The molecule has 0 saturated heterocycles. The highest BCUT2D eigenvalue weighted by molar-refractivity contribution is 7.98. The van der Waals surface area contributed by atoms with E-state index in [1.54, 1.807) is 17.8 Å². The number of hydrogen-bond acceptors (Lipinski definition) is 3. The number of hydrogen-bond donors (Lipinski definition) is 1. The van der Waals surface area contributed by atoms with Crippen molar-refractivity contribution in [1.29, 1.82) is 0 Å². The van der Waals surface area contributed by atoms with E-state index in [2.05, 4.69) is 0 Å². The summed E-state index contributed by atoms with van der Waals surface area (Å²) in [6.07, 6.45) is 4.70. The molecule has 0 bridgehead atoms. The third-order valence-electron chi connectivity index (χ3n) is 1.85. The summed E-state index contributed by atoms with van der Waals surface area (Å²) in [4.78, 5) is 10.3. The number of carboxylic acids is 1. The Morgan fingerprint density at radius 1 is 1.44 bits per heavy atom. The van der Waals surface area contributed by atoms with Crippen LogP contribution >= 0.6 is 11.8 Å². The fraction of sp³-hybridized carbons (Fsp3) is 0.250. The molecule has 3 nitrogen and oxygen atoms in total. The lowest BCUT2D eigenvalue weighted by molar-refractivity contribution is -0.131. The van der Waals surface area contributed by atoms with Crippen LogP contribution in [0.2, 0.25) is 0 Å². The standard InChI is InChI=1S/C12H14O3S/c1-16-9-8-15-11-5-2-10(3-6-11)4-7-12(13)14/h2-7H,8-9H2,1H3,(H,13,14). The summed E-state index contributed by atoms with van der Waals surface area (Å²) in [6, 6.07) is 7.32. The largest absolute Gasteiger partial charge is 0.493 e. The minimum absolute atomic E-state index is 0.686. The normalized spacial score (nSPS) is 10.6. The Kier molecular flexibility index (Phi) is 5.50. The molecule has 0 atom stereocenters. The van der Waals surface area contributed by atoms with Crippen molar-refractivity contribution in [3.63, 3.8) is 0 Å². The van der Waals surface area contributed by atoms with Crippen LogP contribution in [0.1, 0.15) is 5.56 Å². The van der Waals surface area contributed by atoms with Crippen molar-refractivity contribution >= 4 is 23.8 Å². The zero-order chi connectivity index (χ0) is 11.8. The van der Waals surface area contributed by atoms with Crippen molar-refractivity contribution in [2.75, 3.05) is 18.6 Å². The van der Waals surface area contributed by atoms with Crippen LogP contribution in [0, 0.1) is 0 Å². The minimum Gasteiger partial charge on any atom is -0.493 e. The second-order valence-electron chi connectivity index (χ2n) is 3.08. The lowest BCUT2D eigenvalue weighted by atomic mass is 10.2. The molecule has 0 unspecified atom stereocenters. The molecule has 0 fully saturated rings. The lowest BCUT2D eigenvalue weighted by Gasteiger charge is -2.04. The maximum Gasteiger partial charge on any atom is 0.328 e. The van der Waals surface area contributed by atoms with Crippen LogP contribution in [-0.2, 0) is 4.79 Å². The topological polar surface area (TPSA) is 46.5 Å². The van der Waals surface area contributed by atoms with Crippen LogP contribution in [-0.4, -0.2) is 29.7 Å². The van der Waals surface area contributed by atoms with E-state index in [9.17, 15) is 4.79 Å². The SMILES string of the molecule is CSCCOc1ccc(C=CC(=O)O)cc1. The van der Waals surface area contributed by atoms with Gasteiger partial charge in [0.15, 0.2) is 0 Å². The third kappa shape index (κ3) is 4.89. The third-order valence-corrected chi connectivity index (χ3v) is 2.43. The van der Waals surface area contributed by atoms with Crippen LogP contribution in [0.3, 0.4) is 0 Å². The monoisotopic (exact) mass is 238 g/mol. The molecular formula is C12H14O3S. The van der Waals surface area contributed by atoms with Crippen molar-refractivity contribution in [3.8, 4) is 5.75 Å². The number of thioether (sulfide) groups is 1. The molecule has 16 heavy (non-hydrogen) atoms. The average Bonchev–Trinajstić information content (AvgIpc) is 2.28. The molecule has 1 aromatic carbocycles. The Bertz CT molecular complexity index is 357. The van der Waals surface area contributed by atoms with Gasteiger partial charge in [0.05, 0.1) is 6.61 Å². The molecule has 0 aromatic heterocycles. The van der Waals surface area contributed by atoms with Gasteiger partial charge in [-0.2, -0.15) is 11.8 Å². The predicted octanol–water partition coefficient (Wildman–Crippen LogP) is 2.53. The van der Waals surface area contributed by atoms with Gasteiger partial charge in [0, 0.05) is 11.8 Å². The van der Waals surface area contributed by atoms with Gasteiger partial charge in [-0.3, -0.25) is 0 Å². The molecule has 0 heterocycles. The van der Waals surface area contributed by atoms with Gasteiger partial charge in [-0.05, 0) is 30.0 Å². The number of aliphatic carboxylic acids is 1. The van der Waals surface area contributed by atoms with Gasteiger partial charge in [0.25, 0.3) is 0 Å². The van der Waals surface area contributed by atoms with E-state index in [1.165, 1.54) is 0 Å². The maximum atomic E-state index is 10.3. The Labute approximate surface area is 99.1 Å². The number of carboxylic acid groups (broad SMARTS) is 1. The summed E-state index contributed by atoms with van der Waals surface area (Å²) in [6.45, 7) is 0.686. The first-order valence-corrected chi connectivity index (χ1v) is 6.24. The van der Waals surface area contributed by atoms with Gasteiger partial charge in [-0.25, -0.2) is 4.79 Å². The van der Waals surface area contributed by atoms with E-state index in [0.29, 0.717) is 6.61 Å². The Morgan fingerprint density at radius 3 is 2.69 bits per heavy atom. The van der Waals surface area contributed by atoms with Gasteiger partial charge in [-0.1, -0.05) is 12.1 Å². The summed E-state index contributed by atoms with van der Waals surface area (Å²) >= 11 is 1.73. The van der Waals surface area contributed by atoms with Crippen LogP contribution < -0.4 is 4.74 Å². The van der Waals surface area contributed by atoms with Crippen LogP contribution in [0.25, 0.3) is 6.08 Å². The molecule has 0 aliphatic heterocycles. The van der Waals surface area contributed by atoms with Crippen molar-refractivity contribution in [2.24, 2.45) is 0 Å². The molecule has 0 amide bonds. The summed E-state index contributed by atoms with van der Waals surface area (Å²) in [5.74, 6) is 0.822. The second-order valence-corrected chi connectivity index (χ2v) is 4.07. The van der Waals surface area contributed by atoms with E-state index in [1.807, 2.05) is 30.5 Å². The highest BCUT2D eigenvalue weighted by atomic mass is 32.2. The van der Waals surface area contributed by atoms with Gasteiger partial charge in [0.1, 0.15) is 5.75 Å². The number of carbonyl (C=O) groups is 1.